The normalized spacial score (nSPS) is 10.8. The maximum absolute atomic E-state index is 13.1. The smallest absolute Gasteiger partial charge is 0.305 e. The van der Waals surface area contributed by atoms with Gasteiger partial charge in [-0.15, -0.1) is 0 Å². The van der Waals surface area contributed by atoms with Gasteiger partial charge in [-0.3, -0.25) is 19.7 Å². The molecule has 0 N–H and O–H groups in total. The Morgan fingerprint density at radius 1 is 1.14 bits per heavy atom. The maximum Gasteiger partial charge on any atom is 0.305 e. The number of para-hydroxylation sites is 1. The number of hydrogen-bond acceptors (Lipinski definition) is 5. The molecule has 7 heteroatoms. The Morgan fingerprint density at radius 3 is 2.54 bits per heavy atom. The van der Waals surface area contributed by atoms with Crippen molar-refractivity contribution in [1.29, 1.82) is 0 Å². The molecule has 0 saturated carbocycles. The van der Waals surface area contributed by atoms with Gasteiger partial charge in [0.1, 0.15) is 0 Å². The van der Waals surface area contributed by atoms with Gasteiger partial charge in [0.25, 0.3) is 11.2 Å². The zero-order chi connectivity index (χ0) is 20.1. The van der Waals surface area contributed by atoms with E-state index in [0.29, 0.717) is 30.7 Å². The van der Waals surface area contributed by atoms with Gasteiger partial charge in [-0.1, -0.05) is 18.2 Å². The topological polar surface area (TPSA) is 91.4 Å². The first kappa shape index (κ1) is 19.3. The molecule has 0 aliphatic carbocycles. The highest BCUT2D eigenvalue weighted by molar-refractivity contribution is 5.84. The van der Waals surface area contributed by atoms with Gasteiger partial charge in [0.15, 0.2) is 0 Å². The molecule has 28 heavy (non-hydrogen) atoms. The summed E-state index contributed by atoms with van der Waals surface area (Å²) >= 11 is 0. The van der Waals surface area contributed by atoms with Crippen LogP contribution in [0, 0.1) is 10.1 Å². The molecule has 2 aromatic carbocycles. The van der Waals surface area contributed by atoms with Crippen molar-refractivity contribution in [2.75, 3.05) is 6.61 Å². The lowest BCUT2D eigenvalue weighted by molar-refractivity contribution is -0.384. The predicted molar refractivity (Wildman–Crippen MR) is 106 cm³/mol. The molecule has 0 bridgehead atoms. The first-order valence-electron chi connectivity index (χ1n) is 9.04. The number of nitro benzene ring substituents is 1. The molecule has 0 atom stereocenters. The third-order valence-corrected chi connectivity index (χ3v) is 4.46. The van der Waals surface area contributed by atoms with Gasteiger partial charge in [0.2, 0.25) is 0 Å². The molecule has 0 spiro atoms. The Morgan fingerprint density at radius 2 is 1.86 bits per heavy atom. The number of nitrogens with zero attached hydrogens (tertiary/aromatic N) is 2. The second-order valence-corrected chi connectivity index (χ2v) is 6.29. The Labute approximate surface area is 161 Å². The average molecular weight is 380 g/mol. The minimum Gasteiger partial charge on any atom is -0.466 e. The lowest BCUT2D eigenvalue weighted by Gasteiger charge is -2.13. The van der Waals surface area contributed by atoms with Crippen molar-refractivity contribution in [3.63, 3.8) is 0 Å². The fraction of sp³-hybridized carbons (Fsp3) is 0.238. The summed E-state index contributed by atoms with van der Waals surface area (Å²) in [7, 11) is 0. The summed E-state index contributed by atoms with van der Waals surface area (Å²) in [6.45, 7) is 2.46. The van der Waals surface area contributed by atoms with Crippen LogP contribution < -0.4 is 5.56 Å². The highest BCUT2D eigenvalue weighted by Crippen LogP contribution is 2.23. The molecule has 0 fully saturated rings. The first-order valence-corrected chi connectivity index (χ1v) is 9.04. The summed E-state index contributed by atoms with van der Waals surface area (Å²) in [6, 6.07) is 15.2. The Balaban J connectivity index is 2.00. The molecule has 3 aromatic rings. The Hall–Kier alpha value is -3.48. The number of carbonyl (C=O) groups is 1. The fourth-order valence-electron chi connectivity index (χ4n) is 3.13. The van der Waals surface area contributed by atoms with Crippen LogP contribution in [0.5, 0.6) is 0 Å². The van der Waals surface area contributed by atoms with Gasteiger partial charge in [-0.2, -0.15) is 0 Å². The van der Waals surface area contributed by atoms with Crippen LogP contribution in [0.4, 0.5) is 5.69 Å². The van der Waals surface area contributed by atoms with Gasteiger partial charge < -0.3 is 9.30 Å². The molecule has 0 aliphatic rings. The van der Waals surface area contributed by atoms with E-state index in [1.165, 1.54) is 12.1 Å². The SMILES string of the molecule is CCOC(=O)CCCn1c(=O)c(-c2ccc([N+](=O)[O-])cc2)cc2ccccc21. The molecule has 144 valence electrons. The Kier molecular flexibility index (Phi) is 5.84. The number of carbonyl (C=O) groups excluding carboxylic acids is 1. The largest absolute Gasteiger partial charge is 0.466 e. The molecule has 1 heterocycles. The van der Waals surface area contributed by atoms with E-state index < -0.39 is 4.92 Å². The lowest BCUT2D eigenvalue weighted by atomic mass is 10.0. The quantitative estimate of drug-likeness (QED) is 0.352. The number of esters is 1. The van der Waals surface area contributed by atoms with E-state index in [1.807, 2.05) is 24.3 Å². The molecule has 0 aliphatic heterocycles. The zero-order valence-electron chi connectivity index (χ0n) is 15.5. The lowest BCUT2D eigenvalue weighted by Crippen LogP contribution is -2.22. The number of nitro groups is 1. The average Bonchev–Trinajstić information content (AvgIpc) is 2.69. The van der Waals surface area contributed by atoms with Crippen molar-refractivity contribution in [2.24, 2.45) is 0 Å². The van der Waals surface area contributed by atoms with Crippen LogP contribution in [0.3, 0.4) is 0 Å². The minimum absolute atomic E-state index is 0.0284. The summed E-state index contributed by atoms with van der Waals surface area (Å²) in [4.78, 5) is 35.1. The van der Waals surface area contributed by atoms with Crippen molar-refractivity contribution in [3.05, 3.63) is 75.1 Å². The first-order chi connectivity index (χ1) is 13.5. The third-order valence-electron chi connectivity index (χ3n) is 4.46. The number of aryl methyl sites for hydroxylation is 1. The second kappa shape index (κ2) is 8.47. The van der Waals surface area contributed by atoms with E-state index in [-0.39, 0.29) is 23.6 Å². The van der Waals surface area contributed by atoms with Gasteiger partial charge in [-0.25, -0.2) is 0 Å². The van der Waals surface area contributed by atoms with Gasteiger partial charge in [0, 0.05) is 30.7 Å². The van der Waals surface area contributed by atoms with Crippen LogP contribution in [-0.2, 0) is 16.1 Å². The number of ether oxygens (including phenoxy) is 1. The number of aromatic nitrogens is 1. The van der Waals surface area contributed by atoms with E-state index in [4.69, 9.17) is 4.74 Å². The van der Waals surface area contributed by atoms with E-state index in [9.17, 15) is 19.7 Å². The van der Waals surface area contributed by atoms with E-state index in [0.717, 1.165) is 10.9 Å². The molecule has 0 unspecified atom stereocenters. The number of benzene rings is 2. The summed E-state index contributed by atoms with van der Waals surface area (Å²) < 4.78 is 6.58. The van der Waals surface area contributed by atoms with Crippen LogP contribution in [0.25, 0.3) is 22.0 Å². The molecular weight excluding hydrogens is 360 g/mol. The standard InChI is InChI=1S/C21H20N2O5/c1-2-28-20(24)8-5-13-22-19-7-4-3-6-16(19)14-18(21(22)25)15-9-11-17(12-10-15)23(26)27/h3-4,6-7,9-12,14H,2,5,8,13H2,1H3. The van der Waals surface area contributed by atoms with Gasteiger partial charge in [-0.05, 0) is 48.6 Å². The van der Waals surface area contributed by atoms with Crippen LogP contribution in [-0.4, -0.2) is 22.1 Å². The molecule has 0 radical (unpaired) electrons. The van der Waals surface area contributed by atoms with Crippen LogP contribution >= 0.6 is 0 Å². The third kappa shape index (κ3) is 4.09. The van der Waals surface area contributed by atoms with Gasteiger partial charge in [0.05, 0.1) is 17.0 Å². The molecule has 0 saturated heterocycles. The summed E-state index contributed by atoms with van der Waals surface area (Å²) in [5.74, 6) is -0.286. The maximum atomic E-state index is 13.1. The van der Waals surface area contributed by atoms with Crippen LogP contribution in [0.2, 0.25) is 0 Å². The van der Waals surface area contributed by atoms with Gasteiger partial charge >= 0.3 is 5.97 Å². The van der Waals surface area contributed by atoms with Crippen molar-refractivity contribution < 1.29 is 14.5 Å². The fourth-order valence-corrected chi connectivity index (χ4v) is 3.13. The molecule has 7 nitrogen and oxygen atoms in total. The van der Waals surface area contributed by atoms with Crippen molar-refractivity contribution >= 4 is 22.6 Å². The number of rotatable bonds is 7. The second-order valence-electron chi connectivity index (χ2n) is 6.29. The zero-order valence-corrected chi connectivity index (χ0v) is 15.5. The van der Waals surface area contributed by atoms with Crippen molar-refractivity contribution in [3.8, 4) is 11.1 Å². The number of non-ortho nitro benzene ring substituents is 1. The summed E-state index contributed by atoms with van der Waals surface area (Å²) in [6.07, 6.45) is 0.711. The van der Waals surface area contributed by atoms with Crippen molar-refractivity contribution in [1.82, 2.24) is 4.57 Å². The molecule has 3 rings (SSSR count). The molecular formula is C21H20N2O5. The van der Waals surface area contributed by atoms with Crippen LogP contribution in [0.1, 0.15) is 19.8 Å². The van der Waals surface area contributed by atoms with Crippen molar-refractivity contribution in [2.45, 2.75) is 26.3 Å². The van der Waals surface area contributed by atoms with E-state index >= 15 is 0 Å². The summed E-state index contributed by atoms with van der Waals surface area (Å²) in [5, 5.41) is 11.7. The predicted octanol–water partition coefficient (Wildman–Crippen LogP) is 3.92. The minimum atomic E-state index is -0.474. The summed E-state index contributed by atoms with van der Waals surface area (Å²) in [5.41, 5.74) is 1.63. The Bertz CT molecular complexity index is 1070. The number of hydrogen-bond donors (Lipinski definition) is 0. The number of fused-ring (bicyclic) bond motifs is 1. The van der Waals surface area contributed by atoms with E-state index in [2.05, 4.69) is 0 Å². The highest BCUT2D eigenvalue weighted by atomic mass is 16.6. The monoisotopic (exact) mass is 380 g/mol. The molecule has 1 aromatic heterocycles. The highest BCUT2D eigenvalue weighted by Gasteiger charge is 2.13. The number of pyridine rings is 1. The van der Waals surface area contributed by atoms with E-state index in [1.54, 1.807) is 29.7 Å². The van der Waals surface area contributed by atoms with Crippen LogP contribution in [0.15, 0.2) is 59.4 Å². The molecule has 0 amide bonds.